The maximum Gasteiger partial charge on any atom is 0.301 e. The third-order valence-corrected chi connectivity index (χ3v) is 4.04. The van der Waals surface area contributed by atoms with Crippen LogP contribution in [0.3, 0.4) is 0 Å². The van der Waals surface area contributed by atoms with E-state index in [9.17, 15) is 15.2 Å². The van der Waals surface area contributed by atoms with Gasteiger partial charge in [0, 0.05) is 25.9 Å². The van der Waals surface area contributed by atoms with E-state index in [4.69, 9.17) is 0 Å². The first-order valence-corrected chi connectivity index (χ1v) is 7.08. The minimum Gasteiger partial charge on any atom is -0.396 e. The first-order valence-electron chi connectivity index (χ1n) is 7.08. The van der Waals surface area contributed by atoms with Gasteiger partial charge in [0.1, 0.15) is 5.69 Å². The number of benzene rings is 1. The number of pyridine rings is 1. The number of piperidine rings is 1. The highest BCUT2D eigenvalue weighted by atomic mass is 16.6. The first-order chi connectivity index (χ1) is 10.2. The zero-order valence-corrected chi connectivity index (χ0v) is 11.6. The lowest BCUT2D eigenvalue weighted by Crippen LogP contribution is -2.37. The molecule has 1 fully saturated rings. The molecule has 0 spiro atoms. The monoisotopic (exact) mass is 287 g/mol. The molecule has 0 bridgehead atoms. The first kappa shape index (κ1) is 13.8. The van der Waals surface area contributed by atoms with Gasteiger partial charge >= 0.3 is 5.69 Å². The van der Waals surface area contributed by atoms with Crippen LogP contribution in [-0.2, 0) is 0 Å². The normalized spacial score (nSPS) is 18.9. The van der Waals surface area contributed by atoms with Crippen LogP contribution in [0.1, 0.15) is 12.8 Å². The van der Waals surface area contributed by atoms with E-state index in [0.717, 1.165) is 19.4 Å². The number of hydrogen-bond donors (Lipinski definition) is 1. The third-order valence-electron chi connectivity index (χ3n) is 4.04. The molecule has 2 heterocycles. The molecule has 3 rings (SSSR count). The van der Waals surface area contributed by atoms with Gasteiger partial charge in [-0.1, -0.05) is 0 Å². The molecule has 1 aromatic carbocycles. The van der Waals surface area contributed by atoms with Crippen LogP contribution >= 0.6 is 0 Å². The molecule has 1 N–H and O–H groups in total. The van der Waals surface area contributed by atoms with Gasteiger partial charge in [-0.25, -0.2) is 0 Å². The van der Waals surface area contributed by atoms with E-state index in [0.29, 0.717) is 23.1 Å². The van der Waals surface area contributed by atoms with Crippen molar-refractivity contribution in [3.63, 3.8) is 0 Å². The van der Waals surface area contributed by atoms with Crippen molar-refractivity contribution in [2.75, 3.05) is 24.6 Å². The summed E-state index contributed by atoms with van der Waals surface area (Å²) in [6.07, 6.45) is 3.54. The lowest BCUT2D eigenvalue weighted by molar-refractivity contribution is -0.382. The van der Waals surface area contributed by atoms with Crippen molar-refractivity contribution < 1.29 is 10.0 Å². The molecule has 1 aliphatic rings. The smallest absolute Gasteiger partial charge is 0.301 e. The van der Waals surface area contributed by atoms with E-state index in [1.807, 2.05) is 11.0 Å². The minimum atomic E-state index is -0.331. The van der Waals surface area contributed by atoms with Crippen LogP contribution in [0.4, 0.5) is 11.4 Å². The van der Waals surface area contributed by atoms with E-state index in [1.54, 1.807) is 24.4 Å². The van der Waals surface area contributed by atoms with E-state index < -0.39 is 0 Å². The molecule has 1 aromatic heterocycles. The molecule has 1 atom stereocenters. The molecule has 6 heteroatoms. The standard InChI is InChI=1S/C15H17N3O3/c19-10-11-3-2-8-17(9-11)14-6-5-13-12(4-1-7-16-13)15(14)18(20)21/h1,4-7,11,19H,2-3,8-10H2/t11-/m0/s1. The predicted octanol–water partition coefficient (Wildman–Crippen LogP) is 2.35. The largest absolute Gasteiger partial charge is 0.396 e. The van der Waals surface area contributed by atoms with Crippen LogP contribution in [-0.4, -0.2) is 34.7 Å². The molecule has 0 aliphatic carbocycles. The van der Waals surface area contributed by atoms with Crippen LogP contribution in [0.25, 0.3) is 10.9 Å². The number of nitro benzene ring substituents is 1. The summed E-state index contributed by atoms with van der Waals surface area (Å²) in [5, 5.41) is 21.4. The number of fused-ring (bicyclic) bond motifs is 1. The Morgan fingerprint density at radius 1 is 1.43 bits per heavy atom. The Balaban J connectivity index is 2.09. The molecule has 110 valence electrons. The van der Waals surface area contributed by atoms with Crippen LogP contribution in [0.5, 0.6) is 0 Å². The number of aliphatic hydroxyl groups is 1. The molecule has 0 amide bonds. The van der Waals surface area contributed by atoms with Gasteiger partial charge in [0.2, 0.25) is 0 Å². The molecule has 0 saturated carbocycles. The number of nitro groups is 1. The highest BCUT2D eigenvalue weighted by molar-refractivity contribution is 5.94. The van der Waals surface area contributed by atoms with Gasteiger partial charge in [0.15, 0.2) is 0 Å². The van der Waals surface area contributed by atoms with Gasteiger partial charge in [-0.05, 0) is 43.0 Å². The fraction of sp³-hybridized carbons (Fsp3) is 0.400. The lowest BCUT2D eigenvalue weighted by atomic mass is 9.98. The van der Waals surface area contributed by atoms with E-state index in [-0.39, 0.29) is 23.1 Å². The molecular weight excluding hydrogens is 270 g/mol. The Kier molecular flexibility index (Phi) is 3.70. The molecule has 21 heavy (non-hydrogen) atoms. The maximum absolute atomic E-state index is 11.5. The van der Waals surface area contributed by atoms with Gasteiger partial charge in [-0.3, -0.25) is 15.1 Å². The lowest BCUT2D eigenvalue weighted by Gasteiger charge is -2.33. The van der Waals surface area contributed by atoms with E-state index >= 15 is 0 Å². The molecular formula is C15H17N3O3. The van der Waals surface area contributed by atoms with Crippen molar-refractivity contribution in [1.82, 2.24) is 4.98 Å². The molecule has 0 unspecified atom stereocenters. The molecule has 0 radical (unpaired) electrons. The van der Waals surface area contributed by atoms with Gasteiger partial charge in [0.05, 0.1) is 15.8 Å². The number of aromatic nitrogens is 1. The summed E-state index contributed by atoms with van der Waals surface area (Å²) in [6, 6.07) is 7.04. The predicted molar refractivity (Wildman–Crippen MR) is 80.4 cm³/mol. The van der Waals surface area contributed by atoms with Crippen LogP contribution in [0, 0.1) is 16.0 Å². The van der Waals surface area contributed by atoms with Crippen LogP contribution < -0.4 is 4.90 Å². The average molecular weight is 287 g/mol. The summed E-state index contributed by atoms with van der Waals surface area (Å²) >= 11 is 0. The zero-order valence-electron chi connectivity index (χ0n) is 11.6. The zero-order chi connectivity index (χ0) is 14.8. The highest BCUT2D eigenvalue weighted by Crippen LogP contribution is 2.36. The Morgan fingerprint density at radius 3 is 3.05 bits per heavy atom. The summed E-state index contributed by atoms with van der Waals surface area (Å²) in [4.78, 5) is 17.4. The van der Waals surface area contributed by atoms with Gasteiger partial charge in [-0.15, -0.1) is 0 Å². The Morgan fingerprint density at radius 2 is 2.29 bits per heavy atom. The van der Waals surface area contributed by atoms with Gasteiger partial charge < -0.3 is 10.0 Å². The van der Waals surface area contributed by atoms with E-state index in [2.05, 4.69) is 4.98 Å². The molecule has 1 aliphatic heterocycles. The topological polar surface area (TPSA) is 79.5 Å². The third kappa shape index (κ3) is 2.54. The quantitative estimate of drug-likeness (QED) is 0.692. The summed E-state index contributed by atoms with van der Waals surface area (Å²) < 4.78 is 0. The second-order valence-electron chi connectivity index (χ2n) is 5.40. The summed E-state index contributed by atoms with van der Waals surface area (Å²) in [5.74, 6) is 0.183. The Hall–Kier alpha value is -2.21. The second kappa shape index (κ2) is 5.65. The summed E-state index contributed by atoms with van der Waals surface area (Å²) in [5.41, 5.74) is 1.36. The van der Waals surface area contributed by atoms with Gasteiger partial charge in [-0.2, -0.15) is 0 Å². The van der Waals surface area contributed by atoms with Crippen molar-refractivity contribution in [2.24, 2.45) is 5.92 Å². The van der Waals surface area contributed by atoms with Gasteiger partial charge in [0.25, 0.3) is 0 Å². The number of hydrogen-bond acceptors (Lipinski definition) is 5. The summed E-state index contributed by atoms with van der Waals surface area (Å²) in [6.45, 7) is 1.56. The van der Waals surface area contributed by atoms with Crippen molar-refractivity contribution in [3.05, 3.63) is 40.6 Å². The maximum atomic E-state index is 11.5. The van der Waals surface area contributed by atoms with Crippen molar-refractivity contribution in [3.8, 4) is 0 Å². The number of nitrogens with zero attached hydrogens (tertiary/aromatic N) is 3. The van der Waals surface area contributed by atoms with E-state index in [1.165, 1.54) is 0 Å². The van der Waals surface area contributed by atoms with Crippen molar-refractivity contribution in [2.45, 2.75) is 12.8 Å². The minimum absolute atomic E-state index is 0.110. The number of anilines is 1. The Labute approximate surface area is 122 Å². The SMILES string of the molecule is O=[N+]([O-])c1c(N2CCC[C@H](CO)C2)ccc2ncccc12. The Bertz CT molecular complexity index is 674. The average Bonchev–Trinajstić information content (AvgIpc) is 2.53. The molecule has 1 saturated heterocycles. The van der Waals surface area contributed by atoms with Crippen molar-refractivity contribution in [1.29, 1.82) is 0 Å². The van der Waals surface area contributed by atoms with Crippen LogP contribution in [0.2, 0.25) is 0 Å². The fourth-order valence-corrected chi connectivity index (χ4v) is 3.01. The number of aliphatic hydroxyl groups excluding tert-OH is 1. The second-order valence-corrected chi connectivity index (χ2v) is 5.40. The highest BCUT2D eigenvalue weighted by Gasteiger charge is 2.27. The van der Waals surface area contributed by atoms with Crippen molar-refractivity contribution >= 4 is 22.3 Å². The molecule has 2 aromatic rings. The summed E-state index contributed by atoms with van der Waals surface area (Å²) in [7, 11) is 0. The van der Waals surface area contributed by atoms with Crippen LogP contribution in [0.15, 0.2) is 30.5 Å². The number of rotatable bonds is 3. The fourth-order valence-electron chi connectivity index (χ4n) is 3.01. The molecule has 6 nitrogen and oxygen atoms in total.